The van der Waals surface area contributed by atoms with E-state index >= 15 is 0 Å². The van der Waals surface area contributed by atoms with Gasteiger partial charge in [0.15, 0.2) is 0 Å². The van der Waals surface area contributed by atoms with Gasteiger partial charge in [0.25, 0.3) is 0 Å². The van der Waals surface area contributed by atoms with Crippen LogP contribution >= 0.6 is 11.6 Å². The molecule has 1 aromatic carbocycles. The second-order valence-corrected chi connectivity index (χ2v) is 6.40. The number of nitrogens with two attached hydrogens (primary N) is 1. The van der Waals surface area contributed by atoms with Crippen molar-refractivity contribution in [2.24, 2.45) is 11.1 Å². The highest BCUT2D eigenvalue weighted by Crippen LogP contribution is 2.28. The minimum atomic E-state index is -0.526. The summed E-state index contributed by atoms with van der Waals surface area (Å²) in [5, 5.41) is 0.666. The first-order valence-corrected chi connectivity index (χ1v) is 6.80. The molecule has 0 fully saturated rings. The maximum atomic E-state index is 12.4. The molecule has 0 bridgehead atoms. The lowest BCUT2D eigenvalue weighted by molar-refractivity contribution is -0.135. The van der Waals surface area contributed by atoms with Crippen LogP contribution in [0.15, 0.2) is 24.3 Å². The molecule has 0 aliphatic carbocycles. The van der Waals surface area contributed by atoms with Crippen molar-refractivity contribution in [1.29, 1.82) is 0 Å². The molecular weight excluding hydrogens is 260 g/mol. The molecule has 0 aliphatic heterocycles. The van der Waals surface area contributed by atoms with Crippen LogP contribution in [-0.4, -0.2) is 23.9 Å². The highest BCUT2D eigenvalue weighted by atomic mass is 35.5. The van der Waals surface area contributed by atoms with E-state index in [1.165, 1.54) is 0 Å². The molecule has 1 rings (SSSR count). The molecule has 1 amide bonds. The smallest absolute Gasteiger partial charge is 0.240 e. The third-order valence-corrected chi connectivity index (χ3v) is 3.83. The topological polar surface area (TPSA) is 46.3 Å². The Kier molecular flexibility index (Phi) is 4.99. The minimum absolute atomic E-state index is 0.0695. The second kappa shape index (κ2) is 5.93. The minimum Gasteiger partial charge on any atom is -0.338 e. The summed E-state index contributed by atoms with van der Waals surface area (Å²) in [6, 6.07) is 6.92. The van der Waals surface area contributed by atoms with Gasteiger partial charge < -0.3 is 10.6 Å². The highest BCUT2D eigenvalue weighted by Gasteiger charge is 2.31. The number of hydrogen-bond donors (Lipinski definition) is 1. The van der Waals surface area contributed by atoms with Gasteiger partial charge in [0.1, 0.15) is 0 Å². The summed E-state index contributed by atoms with van der Waals surface area (Å²) in [5.41, 5.74) is 6.70. The number of hydrogen-bond acceptors (Lipinski definition) is 2. The Bertz CT molecular complexity index is 454. The lowest BCUT2D eigenvalue weighted by Gasteiger charge is -2.33. The lowest BCUT2D eigenvalue weighted by Crippen LogP contribution is -2.49. The molecule has 0 aromatic heterocycles. The van der Waals surface area contributed by atoms with Gasteiger partial charge in [0.05, 0.1) is 12.1 Å². The van der Waals surface area contributed by atoms with E-state index < -0.39 is 6.04 Å². The van der Waals surface area contributed by atoms with Crippen LogP contribution in [0.1, 0.15) is 39.3 Å². The molecule has 2 N–H and O–H groups in total. The summed E-state index contributed by atoms with van der Waals surface area (Å²) in [5.74, 6) is -0.0695. The van der Waals surface area contributed by atoms with Crippen molar-refractivity contribution in [2.45, 2.75) is 39.8 Å². The van der Waals surface area contributed by atoms with Crippen LogP contribution in [0.25, 0.3) is 0 Å². The number of nitrogens with zero attached hydrogens (tertiary/aromatic N) is 1. The molecule has 4 heteroatoms. The van der Waals surface area contributed by atoms with E-state index in [1.54, 1.807) is 11.9 Å². The predicted octanol–water partition coefficient (Wildman–Crippen LogP) is 3.23. The summed E-state index contributed by atoms with van der Waals surface area (Å²) in [4.78, 5) is 14.0. The fourth-order valence-corrected chi connectivity index (χ4v) is 2.10. The maximum absolute atomic E-state index is 12.4. The molecule has 0 saturated heterocycles. The van der Waals surface area contributed by atoms with E-state index in [4.69, 9.17) is 17.3 Å². The largest absolute Gasteiger partial charge is 0.338 e. The van der Waals surface area contributed by atoms with Gasteiger partial charge in [-0.25, -0.2) is 0 Å². The summed E-state index contributed by atoms with van der Waals surface area (Å²) in [7, 11) is 1.77. The number of carbonyl (C=O) groups excluding carboxylic acids is 1. The molecule has 2 atom stereocenters. The van der Waals surface area contributed by atoms with Crippen LogP contribution in [0, 0.1) is 5.41 Å². The highest BCUT2D eigenvalue weighted by molar-refractivity contribution is 6.31. The van der Waals surface area contributed by atoms with Crippen LogP contribution in [0.3, 0.4) is 0 Å². The summed E-state index contributed by atoms with van der Waals surface area (Å²) in [6.07, 6.45) is 0. The zero-order valence-corrected chi connectivity index (χ0v) is 13.0. The first-order chi connectivity index (χ1) is 8.66. The SMILES string of the molecule is CC(c1ccccc1Cl)N(C)C(=O)[C@@H](N)C(C)(C)C. The van der Waals surface area contributed by atoms with Crippen molar-refractivity contribution < 1.29 is 4.79 Å². The van der Waals surface area contributed by atoms with E-state index in [-0.39, 0.29) is 17.4 Å². The average molecular weight is 283 g/mol. The molecule has 106 valence electrons. The van der Waals surface area contributed by atoms with Gasteiger partial charge in [-0.3, -0.25) is 4.79 Å². The number of rotatable bonds is 3. The molecule has 19 heavy (non-hydrogen) atoms. The van der Waals surface area contributed by atoms with Gasteiger partial charge in [-0.2, -0.15) is 0 Å². The molecule has 0 aliphatic rings. The average Bonchev–Trinajstić information content (AvgIpc) is 2.34. The second-order valence-electron chi connectivity index (χ2n) is 5.99. The van der Waals surface area contributed by atoms with Crippen molar-refractivity contribution in [3.8, 4) is 0 Å². The Hall–Kier alpha value is -1.06. The standard InChI is InChI=1S/C15H23ClN2O/c1-10(11-8-6-7-9-12(11)16)18(5)14(19)13(17)15(2,3)4/h6-10,13H,17H2,1-5H3/t10?,13-/m1/s1. The van der Waals surface area contributed by atoms with Crippen molar-refractivity contribution in [3.05, 3.63) is 34.9 Å². The van der Waals surface area contributed by atoms with Crippen LogP contribution in [-0.2, 0) is 4.79 Å². The van der Waals surface area contributed by atoms with Gasteiger partial charge in [-0.15, -0.1) is 0 Å². The third kappa shape index (κ3) is 3.71. The predicted molar refractivity (Wildman–Crippen MR) is 80.1 cm³/mol. The van der Waals surface area contributed by atoms with Crippen molar-refractivity contribution in [2.75, 3.05) is 7.05 Å². The number of likely N-dealkylation sites (N-methyl/N-ethyl adjacent to an activating group) is 1. The van der Waals surface area contributed by atoms with E-state index in [9.17, 15) is 4.79 Å². The van der Waals surface area contributed by atoms with Crippen molar-refractivity contribution in [1.82, 2.24) is 4.90 Å². The van der Waals surface area contributed by atoms with Gasteiger partial charge in [-0.1, -0.05) is 50.6 Å². The fraction of sp³-hybridized carbons (Fsp3) is 0.533. The van der Waals surface area contributed by atoms with Gasteiger partial charge >= 0.3 is 0 Å². The van der Waals surface area contributed by atoms with E-state index in [0.717, 1.165) is 5.56 Å². The number of halogens is 1. The maximum Gasteiger partial charge on any atom is 0.240 e. The van der Waals surface area contributed by atoms with Crippen LogP contribution in [0.2, 0.25) is 5.02 Å². The van der Waals surface area contributed by atoms with Crippen molar-refractivity contribution >= 4 is 17.5 Å². The Balaban J connectivity index is 2.92. The normalized spacial score (nSPS) is 14.9. The fourth-order valence-electron chi connectivity index (χ4n) is 1.80. The zero-order valence-electron chi connectivity index (χ0n) is 12.3. The van der Waals surface area contributed by atoms with Gasteiger partial charge in [0, 0.05) is 12.1 Å². The molecule has 1 aromatic rings. The molecule has 0 spiro atoms. The number of carbonyl (C=O) groups is 1. The quantitative estimate of drug-likeness (QED) is 0.925. The van der Waals surface area contributed by atoms with Crippen LogP contribution < -0.4 is 5.73 Å². The summed E-state index contributed by atoms with van der Waals surface area (Å²) >= 11 is 6.17. The van der Waals surface area contributed by atoms with Crippen molar-refractivity contribution in [3.63, 3.8) is 0 Å². The Morgan fingerprint density at radius 1 is 1.32 bits per heavy atom. The van der Waals surface area contributed by atoms with Crippen LogP contribution in [0.5, 0.6) is 0 Å². The monoisotopic (exact) mass is 282 g/mol. The van der Waals surface area contributed by atoms with E-state index in [0.29, 0.717) is 5.02 Å². The number of benzene rings is 1. The first-order valence-electron chi connectivity index (χ1n) is 6.43. The Morgan fingerprint density at radius 2 is 1.84 bits per heavy atom. The Morgan fingerprint density at radius 3 is 2.32 bits per heavy atom. The molecule has 1 unspecified atom stereocenters. The third-order valence-electron chi connectivity index (χ3n) is 3.48. The van der Waals surface area contributed by atoms with Crippen LogP contribution in [0.4, 0.5) is 0 Å². The summed E-state index contributed by atoms with van der Waals surface area (Å²) in [6.45, 7) is 7.84. The zero-order chi connectivity index (χ0) is 14.8. The van der Waals surface area contributed by atoms with E-state index in [1.807, 2.05) is 52.0 Å². The molecule has 0 heterocycles. The molecule has 0 radical (unpaired) electrons. The number of amides is 1. The molecule has 0 saturated carbocycles. The lowest BCUT2D eigenvalue weighted by atomic mass is 9.86. The van der Waals surface area contributed by atoms with Gasteiger partial charge in [-0.05, 0) is 24.0 Å². The van der Waals surface area contributed by atoms with E-state index in [2.05, 4.69) is 0 Å². The molecule has 3 nitrogen and oxygen atoms in total. The first kappa shape index (κ1) is 16.0. The summed E-state index contributed by atoms with van der Waals surface area (Å²) < 4.78 is 0. The molecular formula is C15H23ClN2O. The van der Waals surface area contributed by atoms with Gasteiger partial charge in [0.2, 0.25) is 5.91 Å². The Labute approximate surface area is 120 Å².